The normalized spacial score (nSPS) is 32.8. The van der Waals surface area contributed by atoms with Crippen molar-refractivity contribution in [2.24, 2.45) is 5.11 Å². The number of methoxy groups -OCH3 is 1. The largest absolute Gasteiger partial charge is 0.394 e. The minimum Gasteiger partial charge on any atom is -0.394 e. The van der Waals surface area contributed by atoms with Crippen LogP contribution < -0.4 is 10.6 Å². The lowest BCUT2D eigenvalue weighted by atomic mass is 9.93. The van der Waals surface area contributed by atoms with Crippen LogP contribution in [0.4, 0.5) is 0 Å². The molecule has 10 atom stereocenters. The van der Waals surface area contributed by atoms with Gasteiger partial charge in [0.15, 0.2) is 12.6 Å². The molecular weight excluding hydrogens is 715 g/mol. The summed E-state index contributed by atoms with van der Waals surface area (Å²) in [6.45, 7) is 0.775. The molecule has 2 heterocycles. The minimum atomic E-state index is -2.46. The monoisotopic (exact) mass is 741 g/mol. The Morgan fingerprint density at radius 3 is 2.07 bits per heavy atom. The summed E-state index contributed by atoms with van der Waals surface area (Å²) < 4.78 is 24.4. The molecule has 2 saturated heterocycles. The predicted molar refractivity (Wildman–Crippen MR) is 160 cm³/mol. The fraction of sp³-hybridized carbons (Fsp3) is 0.667. The van der Waals surface area contributed by atoms with E-state index < -0.39 is 87.2 Å². The van der Waals surface area contributed by atoms with Crippen molar-refractivity contribution >= 4 is 81.4 Å². The van der Waals surface area contributed by atoms with E-state index in [2.05, 4.69) is 20.7 Å². The van der Waals surface area contributed by atoms with E-state index in [0.717, 1.165) is 0 Å². The molecule has 0 spiro atoms. The molecule has 20 heteroatoms. The van der Waals surface area contributed by atoms with E-state index in [1.165, 1.54) is 7.11 Å². The first-order chi connectivity index (χ1) is 20.6. The molecule has 0 radical (unpaired) electrons. The van der Waals surface area contributed by atoms with Gasteiger partial charge in [0, 0.05) is 12.0 Å². The number of aliphatic hydroxyl groups excluding tert-OH is 2. The van der Waals surface area contributed by atoms with Crippen molar-refractivity contribution in [3.05, 3.63) is 46.3 Å². The summed E-state index contributed by atoms with van der Waals surface area (Å²) >= 11 is 34.8. The predicted octanol–water partition coefficient (Wildman–Crippen LogP) is 2.82. The molecule has 4 N–H and O–H groups in total. The summed E-state index contributed by atoms with van der Waals surface area (Å²) in [5, 5.41) is 29.8. The van der Waals surface area contributed by atoms with E-state index in [1.54, 1.807) is 37.3 Å². The summed E-state index contributed by atoms with van der Waals surface area (Å²) in [6, 6.07) is 4.93. The van der Waals surface area contributed by atoms with Crippen molar-refractivity contribution in [3.8, 4) is 0 Å². The standard InChI is InChI=1S/C24H29Cl6N5O9/c1-10-13(34-35-31)17(14(19(40-2)42-10)32-21(38)23(25,26)27)44-20-15(33-22(39)24(28,29)30)18(16(37)12(8-36)43-20)41-9-11-6-4-3-5-7-11/h3-7,10,12-20,36-37H,8-9H2,1-2H3,(H,32,38)(H,33,39)/t10-,12-,13+,14-,15+,16-,17+,18+,19-,20-/m1/s1. The average Bonchev–Trinajstić information content (AvgIpc) is 2.96. The molecule has 246 valence electrons. The van der Waals surface area contributed by atoms with Gasteiger partial charge in [-0.3, -0.25) is 9.59 Å². The van der Waals surface area contributed by atoms with Crippen molar-refractivity contribution in [2.75, 3.05) is 13.7 Å². The van der Waals surface area contributed by atoms with Gasteiger partial charge in [0.25, 0.3) is 19.4 Å². The van der Waals surface area contributed by atoms with Gasteiger partial charge < -0.3 is 44.5 Å². The van der Waals surface area contributed by atoms with Crippen LogP contribution in [0.15, 0.2) is 35.4 Å². The zero-order chi connectivity index (χ0) is 32.8. The molecule has 2 amide bonds. The Kier molecular flexibility index (Phi) is 13.7. The molecule has 0 bridgehead atoms. The summed E-state index contributed by atoms with van der Waals surface area (Å²) in [6.07, 6.45) is -9.25. The maximum atomic E-state index is 12.9. The molecule has 0 aromatic heterocycles. The van der Waals surface area contributed by atoms with Gasteiger partial charge in [-0.15, -0.1) is 0 Å². The number of ether oxygens (including phenoxy) is 5. The van der Waals surface area contributed by atoms with Crippen LogP contribution in [0.1, 0.15) is 12.5 Å². The first-order valence-electron chi connectivity index (χ1n) is 12.9. The Morgan fingerprint density at radius 1 is 1.00 bits per heavy atom. The minimum absolute atomic E-state index is 0.0586. The highest BCUT2D eigenvalue weighted by Crippen LogP contribution is 2.34. The van der Waals surface area contributed by atoms with Crippen molar-refractivity contribution in [1.29, 1.82) is 0 Å². The Labute approximate surface area is 282 Å². The molecule has 1 aromatic carbocycles. The third-order valence-electron chi connectivity index (χ3n) is 6.77. The SMILES string of the molecule is CO[C@@H]1O[C@H](C)[C@H](N=[N+]=[N-])[C@H](O[C@H]2O[C@H](CO)[C@@H](O)[C@@H](OCc3ccccc3)[C@@H]2NC(=O)C(Cl)(Cl)Cl)[C@H]1NC(=O)C(Cl)(Cl)Cl. The second-order valence-corrected chi connectivity index (χ2v) is 14.3. The van der Waals surface area contributed by atoms with Gasteiger partial charge in [-0.1, -0.05) is 105 Å². The van der Waals surface area contributed by atoms with Gasteiger partial charge in [-0.25, -0.2) is 0 Å². The van der Waals surface area contributed by atoms with Gasteiger partial charge >= 0.3 is 0 Å². The van der Waals surface area contributed by atoms with E-state index in [-0.39, 0.29) is 6.61 Å². The summed E-state index contributed by atoms with van der Waals surface area (Å²) in [4.78, 5) is 28.4. The second kappa shape index (κ2) is 16.2. The maximum Gasteiger partial charge on any atom is 0.272 e. The van der Waals surface area contributed by atoms with Gasteiger partial charge in [-0.05, 0) is 18.0 Å². The Morgan fingerprint density at radius 2 is 1.57 bits per heavy atom. The lowest BCUT2D eigenvalue weighted by Gasteiger charge is -2.49. The van der Waals surface area contributed by atoms with Crippen molar-refractivity contribution in [1.82, 2.24) is 10.6 Å². The number of rotatable bonds is 10. The van der Waals surface area contributed by atoms with Crippen LogP contribution in [0.2, 0.25) is 0 Å². The van der Waals surface area contributed by atoms with Crippen molar-refractivity contribution in [2.45, 2.75) is 82.3 Å². The molecule has 0 aliphatic carbocycles. The summed E-state index contributed by atoms with van der Waals surface area (Å²) in [5.74, 6) is -2.23. The molecule has 14 nitrogen and oxygen atoms in total. The zero-order valence-electron chi connectivity index (χ0n) is 22.9. The van der Waals surface area contributed by atoms with E-state index in [1.807, 2.05) is 0 Å². The molecule has 3 rings (SSSR count). The molecule has 1 aromatic rings. The van der Waals surface area contributed by atoms with Gasteiger partial charge in [0.05, 0.1) is 31.5 Å². The highest BCUT2D eigenvalue weighted by Gasteiger charge is 2.53. The second-order valence-electron chi connectivity index (χ2n) is 9.71. The molecule has 2 aliphatic rings. The van der Waals surface area contributed by atoms with Crippen LogP contribution in [0, 0.1) is 0 Å². The smallest absolute Gasteiger partial charge is 0.272 e. The van der Waals surface area contributed by atoms with E-state index in [0.29, 0.717) is 5.56 Å². The maximum absolute atomic E-state index is 12.9. The highest BCUT2D eigenvalue weighted by atomic mass is 35.6. The van der Waals surface area contributed by atoms with Gasteiger partial charge in [-0.2, -0.15) is 0 Å². The number of nitrogens with one attached hydrogen (secondary N) is 2. The van der Waals surface area contributed by atoms with Crippen LogP contribution in [0.5, 0.6) is 0 Å². The fourth-order valence-electron chi connectivity index (χ4n) is 4.67. The van der Waals surface area contributed by atoms with E-state index in [9.17, 15) is 25.3 Å². The lowest BCUT2D eigenvalue weighted by Crippen LogP contribution is -2.70. The van der Waals surface area contributed by atoms with Gasteiger partial charge in [0.2, 0.25) is 0 Å². The molecular formula is C24H29Cl6N5O9. The number of alkyl halides is 6. The van der Waals surface area contributed by atoms with Crippen LogP contribution >= 0.6 is 69.6 Å². The number of nitrogens with zero attached hydrogens (tertiary/aromatic N) is 3. The van der Waals surface area contributed by atoms with E-state index >= 15 is 0 Å². The molecule has 44 heavy (non-hydrogen) atoms. The quantitative estimate of drug-likeness (QED) is 0.121. The third kappa shape index (κ3) is 9.49. The first-order valence-corrected chi connectivity index (χ1v) is 15.1. The summed E-state index contributed by atoms with van der Waals surface area (Å²) in [7, 11) is 1.27. The molecule has 0 saturated carbocycles. The zero-order valence-corrected chi connectivity index (χ0v) is 27.5. The Hall–Kier alpha value is -1.07. The lowest BCUT2D eigenvalue weighted by molar-refractivity contribution is -0.312. The topological polar surface area (TPSA) is 194 Å². The first kappa shape index (κ1) is 37.4. The Bertz CT molecular complexity index is 1170. The number of carbonyl (C=O) groups excluding carboxylic acids is 2. The number of benzene rings is 1. The number of carbonyl (C=O) groups is 2. The number of aliphatic hydroxyl groups is 2. The molecule has 2 fully saturated rings. The van der Waals surface area contributed by atoms with Gasteiger partial charge in [0.1, 0.15) is 30.4 Å². The number of amides is 2. The number of halogens is 6. The van der Waals surface area contributed by atoms with E-state index in [4.69, 9.17) is 93.3 Å². The number of azide groups is 1. The van der Waals surface area contributed by atoms with Crippen LogP contribution in [-0.4, -0.2) is 105 Å². The fourth-order valence-corrected chi connectivity index (χ4v) is 5.00. The Balaban J connectivity index is 2.06. The van der Waals surface area contributed by atoms with Crippen LogP contribution in [0.25, 0.3) is 10.4 Å². The third-order valence-corrected chi connectivity index (χ3v) is 7.80. The molecule has 0 unspecified atom stereocenters. The number of hydrogen-bond donors (Lipinski definition) is 4. The van der Waals surface area contributed by atoms with Crippen LogP contribution in [0.3, 0.4) is 0 Å². The molecule has 2 aliphatic heterocycles. The summed E-state index contributed by atoms with van der Waals surface area (Å²) in [5.41, 5.74) is 10.0. The van der Waals surface area contributed by atoms with Crippen LogP contribution in [-0.2, 0) is 39.9 Å². The van der Waals surface area contributed by atoms with Crippen molar-refractivity contribution in [3.63, 3.8) is 0 Å². The highest BCUT2D eigenvalue weighted by molar-refractivity contribution is 6.76. The average molecular weight is 744 g/mol. The number of hydrogen-bond acceptors (Lipinski definition) is 10. The van der Waals surface area contributed by atoms with Crippen molar-refractivity contribution < 1.29 is 43.5 Å².